The Labute approximate surface area is 177 Å². The molecule has 158 valence electrons. The van der Waals surface area contributed by atoms with E-state index in [1.54, 1.807) is 13.2 Å². The second-order valence-corrected chi connectivity index (χ2v) is 8.49. The van der Waals surface area contributed by atoms with E-state index in [0.717, 1.165) is 72.8 Å². The Morgan fingerprint density at radius 2 is 2.03 bits per heavy atom. The standard InChI is InChI=1S/C24H29N3O3/c1-4-26-12-10-24(11-13-26)27-20(17-6-5-7-22(29-3)23(17)30-24)15-19(25-27)18-14-16(2)8-9-21(18)28/h5-9,14,20,28H,4,10-13,15H2,1-3H3. The zero-order valence-corrected chi connectivity index (χ0v) is 17.9. The number of rotatable bonds is 3. The molecule has 5 rings (SSSR count). The number of likely N-dealkylation sites (tertiary alicyclic amines) is 1. The molecule has 0 bridgehead atoms. The van der Waals surface area contributed by atoms with Gasteiger partial charge in [0.2, 0.25) is 5.72 Å². The van der Waals surface area contributed by atoms with Crippen molar-refractivity contribution in [3.63, 3.8) is 0 Å². The van der Waals surface area contributed by atoms with Gasteiger partial charge in [-0.1, -0.05) is 30.7 Å². The SMILES string of the molecule is CCN1CCC2(CC1)Oc1c(OC)cccc1C1CC(c3cc(C)ccc3O)=NN12. The van der Waals surface area contributed by atoms with Crippen molar-refractivity contribution in [2.24, 2.45) is 5.10 Å². The molecule has 30 heavy (non-hydrogen) atoms. The topological polar surface area (TPSA) is 57.5 Å². The van der Waals surface area contributed by atoms with Crippen LogP contribution >= 0.6 is 0 Å². The number of hydrazone groups is 1. The van der Waals surface area contributed by atoms with Gasteiger partial charge in [-0.2, -0.15) is 5.10 Å². The monoisotopic (exact) mass is 407 g/mol. The predicted molar refractivity (Wildman–Crippen MR) is 116 cm³/mol. The molecule has 6 heteroatoms. The predicted octanol–water partition coefficient (Wildman–Crippen LogP) is 4.06. The third-order valence-electron chi connectivity index (χ3n) is 6.76. The third-order valence-corrected chi connectivity index (χ3v) is 6.76. The summed E-state index contributed by atoms with van der Waals surface area (Å²) in [6.07, 6.45) is 2.50. The molecule has 1 atom stereocenters. The third kappa shape index (κ3) is 2.93. The smallest absolute Gasteiger partial charge is 0.200 e. The number of hydrogen-bond donors (Lipinski definition) is 1. The number of aromatic hydroxyl groups is 1. The summed E-state index contributed by atoms with van der Waals surface area (Å²) in [6, 6.07) is 11.9. The first-order chi connectivity index (χ1) is 14.5. The molecule has 1 unspecified atom stereocenters. The Kier molecular flexibility index (Phi) is 4.62. The molecule has 2 aromatic carbocycles. The van der Waals surface area contributed by atoms with Gasteiger partial charge in [0.25, 0.3) is 0 Å². The van der Waals surface area contributed by atoms with Crippen LogP contribution < -0.4 is 9.47 Å². The molecule has 3 aliphatic heterocycles. The van der Waals surface area contributed by atoms with Crippen LogP contribution in [0.3, 0.4) is 0 Å². The van der Waals surface area contributed by atoms with E-state index in [1.807, 2.05) is 31.2 Å². The highest BCUT2D eigenvalue weighted by Crippen LogP contribution is 2.53. The van der Waals surface area contributed by atoms with E-state index in [4.69, 9.17) is 14.6 Å². The van der Waals surface area contributed by atoms with Crippen LogP contribution in [0.15, 0.2) is 41.5 Å². The van der Waals surface area contributed by atoms with Crippen molar-refractivity contribution in [2.75, 3.05) is 26.7 Å². The number of methoxy groups -OCH3 is 1. The number of phenols is 1. The van der Waals surface area contributed by atoms with Crippen LogP contribution in [-0.4, -0.2) is 53.2 Å². The lowest BCUT2D eigenvalue weighted by atomic mass is 9.90. The first-order valence-corrected chi connectivity index (χ1v) is 10.8. The number of nitrogens with zero attached hydrogens (tertiary/aromatic N) is 3. The van der Waals surface area contributed by atoms with E-state index in [0.29, 0.717) is 0 Å². The number of aryl methyl sites for hydroxylation is 1. The molecule has 1 saturated heterocycles. The van der Waals surface area contributed by atoms with Gasteiger partial charge >= 0.3 is 0 Å². The van der Waals surface area contributed by atoms with Gasteiger partial charge in [-0.05, 0) is 31.7 Å². The minimum atomic E-state index is -0.487. The Bertz CT molecular complexity index is 995. The highest BCUT2D eigenvalue weighted by molar-refractivity contribution is 6.04. The van der Waals surface area contributed by atoms with Crippen molar-refractivity contribution in [1.29, 1.82) is 0 Å². The first kappa shape index (κ1) is 19.2. The van der Waals surface area contributed by atoms with Gasteiger partial charge in [-0.15, -0.1) is 0 Å². The van der Waals surface area contributed by atoms with Crippen LogP contribution in [0.2, 0.25) is 0 Å². The van der Waals surface area contributed by atoms with Crippen LogP contribution in [0, 0.1) is 6.92 Å². The van der Waals surface area contributed by atoms with E-state index >= 15 is 0 Å². The number of hydrogen-bond acceptors (Lipinski definition) is 6. The summed E-state index contributed by atoms with van der Waals surface area (Å²) >= 11 is 0. The zero-order valence-electron chi connectivity index (χ0n) is 17.9. The van der Waals surface area contributed by atoms with Crippen LogP contribution in [0.1, 0.15) is 48.9 Å². The lowest BCUT2D eigenvalue weighted by Gasteiger charge is -2.51. The molecular weight excluding hydrogens is 378 g/mol. The number of ether oxygens (including phenoxy) is 2. The summed E-state index contributed by atoms with van der Waals surface area (Å²) in [4.78, 5) is 2.45. The summed E-state index contributed by atoms with van der Waals surface area (Å²) in [5, 5.41) is 17.8. The van der Waals surface area contributed by atoms with Gasteiger partial charge in [0.1, 0.15) is 5.75 Å². The van der Waals surface area contributed by atoms with Gasteiger partial charge in [-0.3, -0.25) is 0 Å². The summed E-state index contributed by atoms with van der Waals surface area (Å²) in [5.74, 6) is 1.90. The van der Waals surface area contributed by atoms with Crippen LogP contribution in [0.25, 0.3) is 0 Å². The molecule has 3 heterocycles. The van der Waals surface area contributed by atoms with Gasteiger partial charge in [0.05, 0.1) is 18.9 Å². The number of piperidine rings is 1. The van der Waals surface area contributed by atoms with E-state index in [9.17, 15) is 5.11 Å². The van der Waals surface area contributed by atoms with Crippen molar-refractivity contribution in [3.8, 4) is 17.2 Å². The van der Waals surface area contributed by atoms with Gasteiger partial charge in [0, 0.05) is 43.5 Å². The molecule has 0 aliphatic carbocycles. The van der Waals surface area contributed by atoms with Crippen molar-refractivity contribution >= 4 is 5.71 Å². The Morgan fingerprint density at radius 3 is 2.77 bits per heavy atom. The van der Waals surface area contributed by atoms with E-state index in [2.05, 4.69) is 22.9 Å². The quantitative estimate of drug-likeness (QED) is 0.831. The maximum Gasteiger partial charge on any atom is 0.200 e. The first-order valence-electron chi connectivity index (χ1n) is 10.8. The normalized spacial score (nSPS) is 22.3. The minimum absolute atomic E-state index is 0.0759. The minimum Gasteiger partial charge on any atom is -0.507 e. The lowest BCUT2D eigenvalue weighted by molar-refractivity contribution is -0.150. The fraction of sp³-hybridized carbons (Fsp3) is 0.458. The molecule has 0 aromatic heterocycles. The Hall–Kier alpha value is -2.73. The highest BCUT2D eigenvalue weighted by Gasteiger charge is 2.52. The average Bonchev–Trinajstić information content (AvgIpc) is 3.22. The molecule has 1 N–H and O–H groups in total. The lowest BCUT2D eigenvalue weighted by Crippen LogP contribution is -2.59. The van der Waals surface area contributed by atoms with E-state index in [-0.39, 0.29) is 11.8 Å². The fourth-order valence-corrected chi connectivity index (χ4v) is 5.02. The maximum absolute atomic E-state index is 10.5. The molecule has 0 radical (unpaired) electrons. The van der Waals surface area contributed by atoms with E-state index < -0.39 is 5.72 Å². The summed E-state index contributed by atoms with van der Waals surface area (Å²) in [7, 11) is 1.69. The molecule has 2 aromatic rings. The van der Waals surface area contributed by atoms with Crippen LogP contribution in [-0.2, 0) is 0 Å². The van der Waals surface area contributed by atoms with Gasteiger partial charge in [-0.25, -0.2) is 5.01 Å². The van der Waals surface area contributed by atoms with Crippen LogP contribution in [0.5, 0.6) is 17.2 Å². The van der Waals surface area contributed by atoms with Crippen LogP contribution in [0.4, 0.5) is 0 Å². The summed E-state index contributed by atoms with van der Waals surface area (Å²) in [6.45, 7) is 7.24. The van der Waals surface area contributed by atoms with Gasteiger partial charge < -0.3 is 19.5 Å². The molecule has 1 spiro atoms. The molecule has 6 nitrogen and oxygen atoms in total. The molecule has 0 saturated carbocycles. The molecular formula is C24H29N3O3. The zero-order chi connectivity index (χ0) is 20.9. The van der Waals surface area contributed by atoms with Gasteiger partial charge in [0.15, 0.2) is 11.5 Å². The Morgan fingerprint density at radius 1 is 1.23 bits per heavy atom. The molecule has 1 fully saturated rings. The second-order valence-electron chi connectivity index (χ2n) is 8.49. The largest absolute Gasteiger partial charge is 0.507 e. The molecule has 3 aliphatic rings. The summed E-state index contributed by atoms with van der Waals surface area (Å²) in [5.41, 5.74) is 3.45. The van der Waals surface area contributed by atoms with Crippen molar-refractivity contribution < 1.29 is 14.6 Å². The number of benzene rings is 2. The summed E-state index contributed by atoms with van der Waals surface area (Å²) < 4.78 is 12.4. The van der Waals surface area contributed by atoms with Crippen molar-refractivity contribution in [2.45, 2.75) is 44.9 Å². The van der Waals surface area contributed by atoms with E-state index in [1.165, 1.54) is 0 Å². The number of phenolic OH excluding ortho intramolecular Hbond substituents is 1. The second kappa shape index (κ2) is 7.20. The Balaban J connectivity index is 1.60. The molecule has 0 amide bonds. The number of fused-ring (bicyclic) bond motifs is 4. The number of para-hydroxylation sites is 1. The fourth-order valence-electron chi connectivity index (χ4n) is 5.02. The van der Waals surface area contributed by atoms with Crippen molar-refractivity contribution in [1.82, 2.24) is 9.91 Å². The van der Waals surface area contributed by atoms with Crippen molar-refractivity contribution in [3.05, 3.63) is 53.1 Å². The maximum atomic E-state index is 10.5. The highest BCUT2D eigenvalue weighted by atomic mass is 16.5. The average molecular weight is 408 g/mol.